The second-order valence-electron chi connectivity index (χ2n) is 4.67. The van der Waals surface area contributed by atoms with Gasteiger partial charge in [-0.15, -0.1) is 0 Å². The average Bonchev–Trinajstić information content (AvgIpc) is 2.34. The standard InChI is InChI=1S/C12H24N2OS/c1-10(8-13)5-6-12(15)14-9-11-4-2-3-7-16-11/h10-11H,2-9,13H2,1H3,(H,14,15). The van der Waals surface area contributed by atoms with Gasteiger partial charge in [0.25, 0.3) is 0 Å². The molecular weight excluding hydrogens is 220 g/mol. The minimum absolute atomic E-state index is 0.187. The van der Waals surface area contributed by atoms with Crippen LogP contribution in [0.3, 0.4) is 0 Å². The number of amides is 1. The van der Waals surface area contributed by atoms with Crippen molar-refractivity contribution >= 4 is 17.7 Å². The van der Waals surface area contributed by atoms with Crippen LogP contribution in [-0.2, 0) is 4.79 Å². The fraction of sp³-hybridized carbons (Fsp3) is 0.917. The van der Waals surface area contributed by atoms with E-state index in [9.17, 15) is 4.79 Å². The van der Waals surface area contributed by atoms with Gasteiger partial charge in [-0.1, -0.05) is 13.3 Å². The maximum Gasteiger partial charge on any atom is 0.220 e. The molecule has 0 aromatic heterocycles. The topological polar surface area (TPSA) is 55.1 Å². The van der Waals surface area contributed by atoms with Crippen LogP contribution in [-0.4, -0.2) is 30.0 Å². The van der Waals surface area contributed by atoms with Gasteiger partial charge in [-0.25, -0.2) is 0 Å². The third-order valence-corrected chi connectivity index (χ3v) is 4.47. The van der Waals surface area contributed by atoms with Crippen molar-refractivity contribution in [3.63, 3.8) is 0 Å². The Morgan fingerprint density at radius 2 is 2.38 bits per heavy atom. The lowest BCUT2D eigenvalue weighted by Crippen LogP contribution is -2.32. The first-order valence-electron chi connectivity index (χ1n) is 6.30. The van der Waals surface area contributed by atoms with Crippen molar-refractivity contribution in [2.24, 2.45) is 11.7 Å². The average molecular weight is 244 g/mol. The molecule has 0 radical (unpaired) electrons. The largest absolute Gasteiger partial charge is 0.355 e. The quantitative estimate of drug-likeness (QED) is 0.748. The highest BCUT2D eigenvalue weighted by molar-refractivity contribution is 7.99. The van der Waals surface area contributed by atoms with E-state index in [1.54, 1.807) is 0 Å². The van der Waals surface area contributed by atoms with Gasteiger partial charge in [-0.2, -0.15) is 11.8 Å². The lowest BCUT2D eigenvalue weighted by molar-refractivity contribution is -0.121. The Morgan fingerprint density at radius 3 is 3.00 bits per heavy atom. The zero-order valence-corrected chi connectivity index (χ0v) is 11.0. The van der Waals surface area contributed by atoms with E-state index >= 15 is 0 Å². The summed E-state index contributed by atoms with van der Waals surface area (Å²) in [6, 6.07) is 0. The number of hydrogen-bond acceptors (Lipinski definition) is 3. The SMILES string of the molecule is CC(CN)CCC(=O)NCC1CCCCS1. The Hall–Kier alpha value is -0.220. The molecule has 0 aliphatic carbocycles. The summed E-state index contributed by atoms with van der Waals surface area (Å²) in [4.78, 5) is 11.5. The second kappa shape index (κ2) is 7.96. The van der Waals surface area contributed by atoms with Crippen LogP contribution >= 0.6 is 11.8 Å². The molecule has 1 saturated heterocycles. The van der Waals surface area contributed by atoms with Crippen molar-refractivity contribution in [3.05, 3.63) is 0 Å². The van der Waals surface area contributed by atoms with Crippen LogP contribution in [0.2, 0.25) is 0 Å². The molecule has 0 aromatic rings. The molecule has 1 heterocycles. The number of carbonyl (C=O) groups is 1. The lowest BCUT2D eigenvalue weighted by Gasteiger charge is -2.21. The summed E-state index contributed by atoms with van der Waals surface area (Å²) >= 11 is 2.00. The Labute approximate surface area is 103 Å². The summed E-state index contributed by atoms with van der Waals surface area (Å²) in [5, 5.41) is 3.67. The molecule has 3 nitrogen and oxygen atoms in total. The van der Waals surface area contributed by atoms with Gasteiger partial charge < -0.3 is 11.1 Å². The highest BCUT2D eigenvalue weighted by Crippen LogP contribution is 2.24. The fourth-order valence-electron chi connectivity index (χ4n) is 1.78. The van der Waals surface area contributed by atoms with E-state index in [-0.39, 0.29) is 5.91 Å². The van der Waals surface area contributed by atoms with Crippen LogP contribution < -0.4 is 11.1 Å². The number of nitrogens with two attached hydrogens (primary N) is 1. The Bertz CT molecular complexity index is 205. The molecule has 1 fully saturated rings. The molecule has 0 bridgehead atoms. The zero-order chi connectivity index (χ0) is 11.8. The molecule has 94 valence electrons. The van der Waals surface area contributed by atoms with E-state index in [0.717, 1.165) is 13.0 Å². The van der Waals surface area contributed by atoms with E-state index < -0.39 is 0 Å². The van der Waals surface area contributed by atoms with Crippen molar-refractivity contribution in [2.45, 2.75) is 44.3 Å². The maximum absolute atomic E-state index is 11.5. The Kier molecular flexibility index (Phi) is 6.88. The predicted octanol–water partition coefficient (Wildman–Crippen LogP) is 1.76. The van der Waals surface area contributed by atoms with Crippen LogP contribution in [0.1, 0.15) is 39.0 Å². The van der Waals surface area contributed by atoms with E-state index in [2.05, 4.69) is 12.2 Å². The number of thioether (sulfide) groups is 1. The molecule has 0 aromatic carbocycles. The Balaban J connectivity index is 2.05. The number of carbonyl (C=O) groups excluding carboxylic acids is 1. The molecule has 0 spiro atoms. The van der Waals surface area contributed by atoms with Crippen LogP contribution in [0.5, 0.6) is 0 Å². The highest BCUT2D eigenvalue weighted by Gasteiger charge is 2.14. The van der Waals surface area contributed by atoms with Crippen LogP contribution in [0.25, 0.3) is 0 Å². The van der Waals surface area contributed by atoms with Gasteiger partial charge in [0.2, 0.25) is 5.91 Å². The lowest BCUT2D eigenvalue weighted by atomic mass is 10.1. The van der Waals surface area contributed by atoms with E-state index in [1.807, 2.05) is 11.8 Å². The van der Waals surface area contributed by atoms with Gasteiger partial charge in [-0.3, -0.25) is 4.79 Å². The van der Waals surface area contributed by atoms with Gasteiger partial charge in [0.05, 0.1) is 0 Å². The van der Waals surface area contributed by atoms with Gasteiger partial charge in [0, 0.05) is 18.2 Å². The number of rotatable bonds is 6. The van der Waals surface area contributed by atoms with Crippen LogP contribution in [0, 0.1) is 5.92 Å². The normalized spacial score (nSPS) is 22.8. The molecule has 4 heteroatoms. The molecule has 1 aliphatic rings. The molecule has 1 amide bonds. The zero-order valence-electron chi connectivity index (χ0n) is 10.2. The van der Waals surface area contributed by atoms with Gasteiger partial charge in [0.15, 0.2) is 0 Å². The minimum atomic E-state index is 0.187. The van der Waals surface area contributed by atoms with Crippen LogP contribution in [0.4, 0.5) is 0 Å². The number of hydrogen-bond donors (Lipinski definition) is 2. The Morgan fingerprint density at radius 1 is 1.56 bits per heavy atom. The first kappa shape index (κ1) is 13.8. The fourth-order valence-corrected chi connectivity index (χ4v) is 3.02. The van der Waals surface area contributed by atoms with Crippen molar-refractivity contribution in [1.29, 1.82) is 0 Å². The third kappa shape index (κ3) is 5.75. The summed E-state index contributed by atoms with van der Waals surface area (Å²) in [6.45, 7) is 3.61. The summed E-state index contributed by atoms with van der Waals surface area (Å²) in [6.07, 6.45) is 5.43. The molecule has 2 atom stereocenters. The number of nitrogens with one attached hydrogen (secondary N) is 1. The smallest absolute Gasteiger partial charge is 0.220 e. The maximum atomic E-state index is 11.5. The third-order valence-electron chi connectivity index (χ3n) is 3.07. The van der Waals surface area contributed by atoms with Crippen molar-refractivity contribution in [2.75, 3.05) is 18.8 Å². The molecular formula is C12H24N2OS. The molecule has 1 aliphatic heterocycles. The van der Waals surface area contributed by atoms with Gasteiger partial charge in [-0.05, 0) is 37.5 Å². The predicted molar refractivity (Wildman–Crippen MR) is 70.6 cm³/mol. The van der Waals surface area contributed by atoms with Crippen LogP contribution in [0.15, 0.2) is 0 Å². The molecule has 2 unspecified atom stereocenters. The summed E-state index contributed by atoms with van der Waals surface area (Å²) in [5.41, 5.74) is 5.51. The highest BCUT2D eigenvalue weighted by atomic mass is 32.2. The molecule has 16 heavy (non-hydrogen) atoms. The van der Waals surface area contributed by atoms with E-state index in [1.165, 1.54) is 25.0 Å². The van der Waals surface area contributed by atoms with Crippen molar-refractivity contribution in [3.8, 4) is 0 Å². The first-order valence-corrected chi connectivity index (χ1v) is 7.35. The minimum Gasteiger partial charge on any atom is -0.355 e. The summed E-state index contributed by atoms with van der Waals surface area (Å²) < 4.78 is 0. The van der Waals surface area contributed by atoms with E-state index in [0.29, 0.717) is 24.1 Å². The summed E-state index contributed by atoms with van der Waals surface area (Å²) in [5.74, 6) is 1.89. The van der Waals surface area contributed by atoms with Crippen molar-refractivity contribution < 1.29 is 4.79 Å². The first-order chi connectivity index (χ1) is 7.72. The molecule has 1 rings (SSSR count). The monoisotopic (exact) mass is 244 g/mol. The second-order valence-corrected chi connectivity index (χ2v) is 6.08. The molecule has 0 saturated carbocycles. The van der Waals surface area contributed by atoms with Crippen molar-refractivity contribution in [1.82, 2.24) is 5.32 Å². The van der Waals surface area contributed by atoms with Gasteiger partial charge in [0.1, 0.15) is 0 Å². The van der Waals surface area contributed by atoms with E-state index in [4.69, 9.17) is 5.73 Å². The molecule has 3 N–H and O–H groups in total. The summed E-state index contributed by atoms with van der Waals surface area (Å²) in [7, 11) is 0. The van der Waals surface area contributed by atoms with Gasteiger partial charge >= 0.3 is 0 Å².